The summed E-state index contributed by atoms with van der Waals surface area (Å²) in [6.45, 7) is 3.86. The van der Waals surface area contributed by atoms with Gasteiger partial charge in [-0.2, -0.15) is 0 Å². The summed E-state index contributed by atoms with van der Waals surface area (Å²) in [5, 5.41) is 0. The van der Waals surface area contributed by atoms with E-state index in [0.29, 0.717) is 5.70 Å². The largest absolute Gasteiger partial charge is 0.292 e. The van der Waals surface area contributed by atoms with Gasteiger partial charge < -0.3 is 0 Å². The zero-order valence-electron chi connectivity index (χ0n) is 11.0. The smallest absolute Gasteiger partial charge is 0.183 e. The number of ketones is 1. The van der Waals surface area contributed by atoms with Crippen molar-refractivity contribution in [1.82, 2.24) is 0 Å². The predicted octanol–water partition coefficient (Wildman–Crippen LogP) is 3.57. The highest BCUT2D eigenvalue weighted by Gasteiger charge is 2.19. The van der Waals surface area contributed by atoms with Crippen LogP contribution < -0.4 is 0 Å². The van der Waals surface area contributed by atoms with Crippen molar-refractivity contribution < 1.29 is 4.79 Å². The maximum Gasteiger partial charge on any atom is 0.183 e. The summed E-state index contributed by atoms with van der Waals surface area (Å²) in [6.07, 6.45) is 4.60. The van der Waals surface area contributed by atoms with Crippen molar-refractivity contribution in [3.05, 3.63) is 47.2 Å². The van der Waals surface area contributed by atoms with Crippen LogP contribution in [0.25, 0.3) is 0 Å². The molecule has 2 heteroatoms. The lowest BCUT2D eigenvalue weighted by Crippen LogP contribution is -2.14. The monoisotopic (exact) mass is 241 g/mol. The second-order valence-corrected chi connectivity index (χ2v) is 4.98. The Hall–Kier alpha value is -1.70. The quantitative estimate of drug-likeness (QED) is 0.792. The molecule has 1 aromatic rings. The molecule has 0 fully saturated rings. The molecule has 0 aliphatic carbocycles. The lowest BCUT2D eigenvalue weighted by atomic mass is 9.93. The van der Waals surface area contributed by atoms with Crippen LogP contribution in [-0.4, -0.2) is 12.0 Å². The molecular weight excluding hydrogens is 222 g/mol. The molecule has 0 saturated heterocycles. The first-order valence-electron chi connectivity index (χ1n) is 6.51. The molecule has 2 nitrogen and oxygen atoms in total. The van der Waals surface area contributed by atoms with Crippen LogP contribution in [0.5, 0.6) is 0 Å². The van der Waals surface area contributed by atoms with Crippen LogP contribution in [-0.2, 0) is 11.2 Å². The van der Waals surface area contributed by atoms with E-state index in [0.717, 1.165) is 19.3 Å². The zero-order chi connectivity index (χ0) is 13.0. The van der Waals surface area contributed by atoms with Crippen molar-refractivity contribution >= 4 is 12.0 Å². The summed E-state index contributed by atoms with van der Waals surface area (Å²) in [6, 6.07) is 10.3. The van der Waals surface area contributed by atoms with E-state index in [2.05, 4.69) is 17.1 Å². The third-order valence-corrected chi connectivity index (χ3v) is 3.15. The first-order chi connectivity index (χ1) is 8.68. The Morgan fingerprint density at radius 1 is 1.28 bits per heavy atom. The Balaban J connectivity index is 2.27. The number of benzene rings is 1. The fourth-order valence-corrected chi connectivity index (χ4v) is 2.13. The number of allylic oxidation sites excluding steroid dienone is 2. The molecule has 0 aromatic heterocycles. The van der Waals surface area contributed by atoms with Gasteiger partial charge in [-0.1, -0.05) is 44.2 Å². The number of rotatable bonds is 4. The molecule has 2 rings (SSSR count). The molecule has 1 aliphatic rings. The first kappa shape index (κ1) is 12.7. The molecule has 0 bridgehead atoms. The lowest BCUT2D eigenvalue weighted by molar-refractivity contribution is -0.118. The van der Waals surface area contributed by atoms with E-state index in [4.69, 9.17) is 0 Å². The van der Waals surface area contributed by atoms with Crippen molar-refractivity contribution in [1.29, 1.82) is 0 Å². The lowest BCUT2D eigenvalue weighted by Gasteiger charge is -2.16. The topological polar surface area (TPSA) is 29.4 Å². The number of Topliss-reactive ketones (excluding diaryl/α,β-unsaturated/α-hetero) is 1. The minimum Gasteiger partial charge on any atom is -0.292 e. The molecule has 1 heterocycles. The van der Waals surface area contributed by atoms with Crippen LogP contribution in [0.4, 0.5) is 0 Å². The highest BCUT2D eigenvalue weighted by atomic mass is 16.1. The summed E-state index contributed by atoms with van der Waals surface area (Å²) in [5.74, 6) is 0.179. The van der Waals surface area contributed by atoms with Gasteiger partial charge in [-0.05, 0) is 30.4 Å². The second-order valence-electron chi connectivity index (χ2n) is 4.98. The van der Waals surface area contributed by atoms with E-state index in [-0.39, 0.29) is 11.7 Å². The van der Waals surface area contributed by atoms with Gasteiger partial charge in [0.05, 0.1) is 0 Å². The Labute approximate surface area is 108 Å². The minimum atomic E-state index is 0.0148. The van der Waals surface area contributed by atoms with E-state index in [9.17, 15) is 4.79 Å². The van der Waals surface area contributed by atoms with Gasteiger partial charge >= 0.3 is 0 Å². The molecule has 18 heavy (non-hydrogen) atoms. The SMILES string of the molecule is CC(C)C(=O)C1=C(Cc2ccccc2)CCC=N1. The Morgan fingerprint density at radius 2 is 2.00 bits per heavy atom. The van der Waals surface area contributed by atoms with Crippen molar-refractivity contribution in [3.8, 4) is 0 Å². The van der Waals surface area contributed by atoms with Crippen LogP contribution in [0, 0.1) is 5.92 Å². The molecule has 0 N–H and O–H groups in total. The minimum absolute atomic E-state index is 0.0148. The Morgan fingerprint density at radius 3 is 2.67 bits per heavy atom. The maximum absolute atomic E-state index is 12.1. The van der Waals surface area contributed by atoms with Crippen molar-refractivity contribution in [2.24, 2.45) is 10.9 Å². The van der Waals surface area contributed by atoms with Crippen molar-refractivity contribution in [2.75, 3.05) is 0 Å². The zero-order valence-corrected chi connectivity index (χ0v) is 11.0. The molecule has 0 saturated carbocycles. The van der Waals surface area contributed by atoms with Gasteiger partial charge in [-0.15, -0.1) is 0 Å². The second kappa shape index (κ2) is 5.76. The van der Waals surface area contributed by atoms with E-state index in [1.807, 2.05) is 38.3 Å². The number of aliphatic imine (C=N–C) groups is 1. The third kappa shape index (κ3) is 2.95. The van der Waals surface area contributed by atoms with Crippen LogP contribution in [0.2, 0.25) is 0 Å². The third-order valence-electron chi connectivity index (χ3n) is 3.15. The molecule has 0 unspecified atom stereocenters. The first-order valence-corrected chi connectivity index (χ1v) is 6.51. The summed E-state index contributed by atoms with van der Waals surface area (Å²) < 4.78 is 0. The van der Waals surface area contributed by atoms with Gasteiger partial charge in [0.25, 0.3) is 0 Å². The van der Waals surface area contributed by atoms with Crippen molar-refractivity contribution in [3.63, 3.8) is 0 Å². The summed E-state index contributed by atoms with van der Waals surface area (Å²) >= 11 is 0. The highest BCUT2D eigenvalue weighted by Crippen LogP contribution is 2.23. The van der Waals surface area contributed by atoms with Crippen molar-refractivity contribution in [2.45, 2.75) is 33.1 Å². The Kier molecular flexibility index (Phi) is 4.08. The molecule has 0 amide bonds. The molecular formula is C16H19NO. The number of carbonyl (C=O) groups excluding carboxylic acids is 1. The fraction of sp³-hybridized carbons (Fsp3) is 0.375. The molecule has 0 spiro atoms. The standard InChI is InChI=1S/C16H19NO/c1-12(2)16(18)15-14(9-6-10-17-15)11-13-7-4-3-5-8-13/h3-5,7-8,10,12H,6,9,11H2,1-2H3. The molecule has 1 aliphatic heterocycles. The van der Waals surface area contributed by atoms with Gasteiger partial charge in [-0.3, -0.25) is 9.79 Å². The molecule has 94 valence electrons. The van der Waals surface area contributed by atoms with E-state index < -0.39 is 0 Å². The average molecular weight is 241 g/mol. The summed E-state index contributed by atoms with van der Waals surface area (Å²) in [7, 11) is 0. The van der Waals surface area contributed by atoms with Gasteiger partial charge in [0, 0.05) is 12.1 Å². The van der Waals surface area contributed by atoms with Crippen LogP contribution >= 0.6 is 0 Å². The fourth-order valence-electron chi connectivity index (χ4n) is 2.13. The summed E-state index contributed by atoms with van der Waals surface area (Å²) in [5.41, 5.74) is 3.13. The number of carbonyl (C=O) groups is 1. The maximum atomic E-state index is 12.1. The average Bonchev–Trinajstić information content (AvgIpc) is 2.39. The highest BCUT2D eigenvalue weighted by molar-refractivity contribution is 5.98. The number of hydrogen-bond donors (Lipinski definition) is 0. The van der Waals surface area contributed by atoms with Crippen LogP contribution in [0.1, 0.15) is 32.3 Å². The number of hydrogen-bond acceptors (Lipinski definition) is 2. The normalized spacial score (nSPS) is 15.3. The molecule has 1 aromatic carbocycles. The van der Waals surface area contributed by atoms with Gasteiger partial charge in [-0.25, -0.2) is 0 Å². The van der Waals surface area contributed by atoms with Gasteiger partial charge in [0.2, 0.25) is 0 Å². The van der Waals surface area contributed by atoms with E-state index in [1.165, 1.54) is 11.1 Å². The summed E-state index contributed by atoms with van der Waals surface area (Å²) in [4.78, 5) is 16.5. The van der Waals surface area contributed by atoms with Gasteiger partial charge in [0.1, 0.15) is 5.70 Å². The molecule has 0 radical (unpaired) electrons. The number of nitrogens with zero attached hydrogens (tertiary/aromatic N) is 1. The predicted molar refractivity (Wildman–Crippen MR) is 74.7 cm³/mol. The Bertz CT molecular complexity index is 483. The van der Waals surface area contributed by atoms with E-state index >= 15 is 0 Å². The van der Waals surface area contributed by atoms with Crippen LogP contribution in [0.15, 0.2) is 46.6 Å². The van der Waals surface area contributed by atoms with Crippen LogP contribution in [0.3, 0.4) is 0 Å². The van der Waals surface area contributed by atoms with E-state index in [1.54, 1.807) is 0 Å². The van der Waals surface area contributed by atoms with Gasteiger partial charge in [0.15, 0.2) is 5.78 Å². The molecule has 0 atom stereocenters.